The van der Waals surface area contributed by atoms with Crippen LogP contribution in [0.5, 0.6) is 11.6 Å². The Morgan fingerprint density at radius 3 is 2.43 bits per heavy atom. The number of nitrogens with zero attached hydrogens (tertiary/aromatic N) is 5. The first-order chi connectivity index (χ1) is 21.8. The second kappa shape index (κ2) is 13.2. The van der Waals surface area contributed by atoms with Crippen molar-refractivity contribution in [2.24, 2.45) is 4.36 Å². The molecule has 1 fully saturated rings. The van der Waals surface area contributed by atoms with E-state index in [9.17, 15) is 36.2 Å². The third-order valence-corrected chi connectivity index (χ3v) is 8.51. The summed E-state index contributed by atoms with van der Waals surface area (Å²) in [5.74, 6) is -3.39. The maximum atomic E-state index is 13.7. The first-order valence-electron chi connectivity index (χ1n) is 14.2. The molecule has 1 saturated heterocycles. The molecule has 0 unspecified atom stereocenters. The van der Waals surface area contributed by atoms with Gasteiger partial charge in [-0.15, -0.1) is 10.2 Å². The molecule has 0 radical (unpaired) electrons. The Morgan fingerprint density at radius 1 is 1.09 bits per heavy atom. The van der Waals surface area contributed by atoms with Crippen LogP contribution in [0.3, 0.4) is 0 Å². The van der Waals surface area contributed by atoms with Crippen LogP contribution in [-0.2, 0) is 25.4 Å². The molecule has 0 spiro atoms. The van der Waals surface area contributed by atoms with E-state index in [-0.39, 0.29) is 28.6 Å². The third kappa shape index (κ3) is 8.38. The molecule has 1 aliphatic heterocycles. The molecule has 0 aliphatic carbocycles. The Morgan fingerprint density at radius 2 is 1.79 bits per heavy atom. The molecule has 1 N–H and O–H groups in total. The average Bonchev–Trinajstić information content (AvgIpc) is 3.44. The number of aromatic nitrogens is 3. The molecule has 4 rings (SSSR count). The molecule has 1 aromatic carbocycles. The lowest BCUT2D eigenvalue weighted by molar-refractivity contribution is -0.142. The largest absolute Gasteiger partial charge is 0.444 e. The van der Waals surface area contributed by atoms with Crippen LogP contribution in [0, 0.1) is 19.8 Å². The van der Waals surface area contributed by atoms with Crippen molar-refractivity contribution in [3.8, 4) is 11.6 Å². The monoisotopic (exact) mass is 680 g/mol. The topological polar surface area (TPSA) is 153 Å². The van der Waals surface area contributed by atoms with Gasteiger partial charge >= 0.3 is 12.3 Å². The summed E-state index contributed by atoms with van der Waals surface area (Å²) in [6.45, 7) is 7.72. The van der Waals surface area contributed by atoms with Gasteiger partial charge in [-0.2, -0.15) is 21.9 Å². The first kappa shape index (κ1) is 35.2. The zero-order valence-corrected chi connectivity index (χ0v) is 27.1. The number of alkyl halides is 3. The van der Waals surface area contributed by atoms with Crippen LogP contribution >= 0.6 is 0 Å². The SMILES string of the molecule is Cc1nc(F)ccc1Oc1nnc(C(F)(F)F)c(C)c1C(=O)Nc1cccc([S@@](C)(=O)=NC(=O)[C@@H]2CCCN2C(=O)OC(C)(C)C)c1. The summed E-state index contributed by atoms with van der Waals surface area (Å²) in [5.41, 5.74) is -3.42. The van der Waals surface area contributed by atoms with Gasteiger partial charge in [0, 0.05) is 23.4 Å². The van der Waals surface area contributed by atoms with Gasteiger partial charge in [-0.05, 0) is 83.4 Å². The van der Waals surface area contributed by atoms with E-state index in [4.69, 9.17) is 9.47 Å². The van der Waals surface area contributed by atoms with Crippen molar-refractivity contribution < 1.29 is 45.6 Å². The number of likely N-dealkylation sites (tertiary alicyclic amines) is 1. The lowest BCUT2D eigenvalue weighted by Gasteiger charge is -2.27. The summed E-state index contributed by atoms with van der Waals surface area (Å²) in [5, 5.41) is 9.12. The number of carbonyl (C=O) groups excluding carboxylic acids is 3. The van der Waals surface area contributed by atoms with Crippen LogP contribution in [0.4, 0.5) is 28.0 Å². The number of hydrogen-bond acceptors (Lipinski definition) is 9. The zero-order valence-electron chi connectivity index (χ0n) is 26.3. The van der Waals surface area contributed by atoms with Gasteiger partial charge in [-0.3, -0.25) is 14.5 Å². The highest BCUT2D eigenvalue weighted by Crippen LogP contribution is 2.35. The lowest BCUT2D eigenvalue weighted by atomic mass is 10.1. The molecule has 3 heterocycles. The van der Waals surface area contributed by atoms with E-state index < -0.39 is 74.1 Å². The minimum Gasteiger partial charge on any atom is -0.444 e. The quantitative estimate of drug-likeness (QED) is 0.241. The molecular formula is C30H32F4N6O6S. The van der Waals surface area contributed by atoms with Crippen molar-refractivity contribution in [2.75, 3.05) is 18.1 Å². The summed E-state index contributed by atoms with van der Waals surface area (Å²) in [6, 6.07) is 6.58. The first-order valence-corrected chi connectivity index (χ1v) is 16.1. The second-order valence-electron chi connectivity index (χ2n) is 11.7. The molecule has 252 valence electrons. The van der Waals surface area contributed by atoms with Gasteiger partial charge in [-0.1, -0.05) is 6.07 Å². The van der Waals surface area contributed by atoms with Gasteiger partial charge in [-0.25, -0.2) is 14.0 Å². The number of pyridine rings is 1. The van der Waals surface area contributed by atoms with Crippen LogP contribution in [0.15, 0.2) is 45.7 Å². The Labute approximate surface area is 268 Å². The Hall–Kier alpha value is -4.67. The van der Waals surface area contributed by atoms with E-state index in [2.05, 4.69) is 24.9 Å². The van der Waals surface area contributed by atoms with E-state index >= 15 is 0 Å². The van der Waals surface area contributed by atoms with Crippen molar-refractivity contribution in [1.29, 1.82) is 0 Å². The zero-order chi connectivity index (χ0) is 34.9. The van der Waals surface area contributed by atoms with E-state index in [1.807, 2.05) is 0 Å². The maximum absolute atomic E-state index is 13.7. The number of aryl methyl sites for hydroxylation is 1. The number of halogens is 4. The van der Waals surface area contributed by atoms with E-state index in [0.29, 0.717) is 12.8 Å². The van der Waals surface area contributed by atoms with Crippen molar-refractivity contribution in [1.82, 2.24) is 20.1 Å². The fourth-order valence-electron chi connectivity index (χ4n) is 4.69. The highest BCUT2D eigenvalue weighted by Gasteiger charge is 2.39. The number of amides is 3. The summed E-state index contributed by atoms with van der Waals surface area (Å²) in [7, 11) is -3.43. The fraction of sp³-hybridized carbons (Fsp3) is 0.400. The van der Waals surface area contributed by atoms with Crippen molar-refractivity contribution >= 4 is 33.3 Å². The third-order valence-electron chi connectivity index (χ3n) is 6.85. The number of hydrogen-bond donors (Lipinski definition) is 1. The normalized spacial score (nSPS) is 16.3. The molecule has 2 aromatic heterocycles. The van der Waals surface area contributed by atoms with Crippen LogP contribution in [0.1, 0.15) is 60.9 Å². The molecule has 3 aromatic rings. The minimum atomic E-state index is -4.96. The number of anilines is 1. The van der Waals surface area contributed by atoms with Crippen LogP contribution in [0.25, 0.3) is 0 Å². The highest BCUT2D eigenvalue weighted by atomic mass is 32.2. The van der Waals surface area contributed by atoms with Gasteiger partial charge < -0.3 is 14.8 Å². The maximum Gasteiger partial charge on any atom is 0.435 e. The smallest absolute Gasteiger partial charge is 0.435 e. The Kier molecular flexibility index (Phi) is 9.89. The van der Waals surface area contributed by atoms with Crippen LogP contribution in [-0.4, -0.2) is 66.6 Å². The molecule has 17 heteroatoms. The van der Waals surface area contributed by atoms with Crippen molar-refractivity contribution in [3.63, 3.8) is 0 Å². The second-order valence-corrected chi connectivity index (χ2v) is 14.0. The van der Waals surface area contributed by atoms with E-state index in [0.717, 1.165) is 13.0 Å². The summed E-state index contributed by atoms with van der Waals surface area (Å²) >= 11 is 0. The number of ether oxygens (including phenoxy) is 2. The molecule has 0 saturated carbocycles. The highest BCUT2D eigenvalue weighted by molar-refractivity contribution is 7.93. The number of benzene rings is 1. The molecule has 3 amide bonds. The number of nitrogens with one attached hydrogen (secondary N) is 1. The van der Waals surface area contributed by atoms with Gasteiger partial charge in [0.1, 0.15) is 17.2 Å². The van der Waals surface area contributed by atoms with E-state index in [1.54, 1.807) is 20.8 Å². The molecule has 12 nitrogen and oxygen atoms in total. The summed E-state index contributed by atoms with van der Waals surface area (Å²) in [4.78, 5) is 44.1. The molecule has 2 atom stereocenters. The van der Waals surface area contributed by atoms with Crippen LogP contribution in [0.2, 0.25) is 0 Å². The van der Waals surface area contributed by atoms with Gasteiger partial charge in [0.05, 0.1) is 15.4 Å². The predicted octanol–water partition coefficient (Wildman–Crippen LogP) is 6.07. The minimum absolute atomic E-state index is 0.00341. The molecular weight excluding hydrogens is 648 g/mol. The molecule has 1 aliphatic rings. The Balaban J connectivity index is 1.64. The summed E-state index contributed by atoms with van der Waals surface area (Å²) < 4.78 is 83.1. The van der Waals surface area contributed by atoms with Gasteiger partial charge in [0.2, 0.25) is 5.95 Å². The van der Waals surface area contributed by atoms with Crippen molar-refractivity contribution in [2.45, 2.75) is 70.2 Å². The fourth-order valence-corrected chi connectivity index (χ4v) is 5.93. The van der Waals surface area contributed by atoms with Gasteiger partial charge in [0.15, 0.2) is 11.4 Å². The van der Waals surface area contributed by atoms with Gasteiger partial charge in [0.25, 0.3) is 17.7 Å². The molecule has 47 heavy (non-hydrogen) atoms. The Bertz CT molecular complexity index is 1850. The number of carbonyl (C=O) groups is 3. The average molecular weight is 681 g/mol. The van der Waals surface area contributed by atoms with Crippen molar-refractivity contribution in [3.05, 3.63) is 64.9 Å². The van der Waals surface area contributed by atoms with Crippen LogP contribution < -0.4 is 10.1 Å². The molecule has 0 bridgehead atoms. The van der Waals surface area contributed by atoms with E-state index in [1.165, 1.54) is 48.4 Å². The lowest BCUT2D eigenvalue weighted by Crippen LogP contribution is -2.43. The standard InChI is InChI=1S/C30H32F4N6O6S/c1-16-23(27(38-37-24(16)30(32,33)34)45-21-12-13-22(31)35-17(21)2)26(42)36-18-9-7-10-19(15-18)47(6,44)39-25(41)20-11-8-14-40(20)28(43)46-29(3,4)5/h7,9-10,12-13,15,20H,8,11,14H2,1-6H3,(H,36,42)/t20-,47+/m0/s1. The predicted molar refractivity (Wildman–Crippen MR) is 161 cm³/mol. The number of rotatable bonds is 6. The summed E-state index contributed by atoms with van der Waals surface area (Å²) in [6.07, 6.45) is -3.64.